The summed E-state index contributed by atoms with van der Waals surface area (Å²) in [5.41, 5.74) is 0.632. The molecule has 3 nitrogen and oxygen atoms in total. The van der Waals surface area contributed by atoms with E-state index in [4.69, 9.17) is 11.6 Å². The molecule has 1 aliphatic heterocycles. The summed E-state index contributed by atoms with van der Waals surface area (Å²) >= 11 is 6.03. The molecule has 1 heterocycles. The van der Waals surface area contributed by atoms with Crippen molar-refractivity contribution < 1.29 is 4.79 Å². The Labute approximate surface area is 126 Å². The Hall–Kier alpha value is -1.06. The Kier molecular flexibility index (Phi) is 4.71. The maximum absolute atomic E-state index is 12.7. The number of nitrogens with one attached hydrogen (secondary N) is 1. The molecule has 1 aliphatic rings. The fourth-order valence-electron chi connectivity index (χ4n) is 2.79. The van der Waals surface area contributed by atoms with Crippen molar-refractivity contribution in [2.75, 3.05) is 13.6 Å². The van der Waals surface area contributed by atoms with Gasteiger partial charge in [-0.2, -0.15) is 0 Å². The number of piperidine rings is 1. The molecule has 2 atom stereocenters. The highest BCUT2D eigenvalue weighted by atomic mass is 35.5. The number of carbonyl (C=O) groups excluding carboxylic acids is 1. The lowest BCUT2D eigenvalue weighted by molar-refractivity contribution is -0.139. The predicted octanol–water partition coefficient (Wildman–Crippen LogP) is 3.39. The molecule has 2 rings (SSSR count). The molecule has 1 fully saturated rings. The first-order valence-electron chi connectivity index (χ1n) is 7.22. The van der Waals surface area contributed by atoms with Crippen LogP contribution in [0.5, 0.6) is 0 Å². The minimum absolute atomic E-state index is 0.0155. The van der Waals surface area contributed by atoms with E-state index in [1.54, 1.807) is 0 Å². The first-order chi connectivity index (χ1) is 9.44. The zero-order chi connectivity index (χ0) is 14.8. The average molecular weight is 295 g/mol. The number of hydrogen-bond donors (Lipinski definition) is 1. The molecule has 2 unspecified atom stereocenters. The highest BCUT2D eigenvalue weighted by Crippen LogP contribution is 2.27. The maximum atomic E-state index is 12.7. The van der Waals surface area contributed by atoms with Crippen molar-refractivity contribution in [2.24, 2.45) is 0 Å². The van der Waals surface area contributed by atoms with Gasteiger partial charge < -0.3 is 10.2 Å². The molecule has 1 aromatic carbocycles. The summed E-state index contributed by atoms with van der Waals surface area (Å²) in [6.07, 6.45) is 3.16. The van der Waals surface area contributed by atoms with Gasteiger partial charge in [-0.15, -0.1) is 0 Å². The van der Waals surface area contributed by atoms with E-state index in [9.17, 15) is 4.79 Å². The zero-order valence-corrected chi connectivity index (χ0v) is 13.2. The molecule has 1 saturated heterocycles. The van der Waals surface area contributed by atoms with Crippen LogP contribution in [-0.2, 0) is 4.79 Å². The van der Waals surface area contributed by atoms with E-state index in [-0.39, 0.29) is 11.9 Å². The van der Waals surface area contributed by atoms with Crippen LogP contribution in [0.1, 0.15) is 44.7 Å². The molecule has 0 aliphatic carbocycles. The molecular weight excluding hydrogens is 272 g/mol. The normalized spacial score (nSPS) is 24.2. The summed E-state index contributed by atoms with van der Waals surface area (Å²) < 4.78 is 0. The molecule has 0 bridgehead atoms. The van der Waals surface area contributed by atoms with Gasteiger partial charge >= 0.3 is 0 Å². The van der Waals surface area contributed by atoms with Gasteiger partial charge in [0.05, 0.1) is 11.6 Å². The maximum Gasteiger partial charge on any atom is 0.242 e. The van der Waals surface area contributed by atoms with E-state index in [0.29, 0.717) is 5.02 Å². The van der Waals surface area contributed by atoms with Gasteiger partial charge in [-0.05, 0) is 57.4 Å². The monoisotopic (exact) mass is 294 g/mol. The Bertz CT molecular complexity index is 483. The molecule has 4 heteroatoms. The molecule has 0 aromatic heterocycles. The third-order valence-corrected chi connectivity index (χ3v) is 4.56. The van der Waals surface area contributed by atoms with Crippen molar-refractivity contribution in [1.82, 2.24) is 10.2 Å². The van der Waals surface area contributed by atoms with Gasteiger partial charge in [0.25, 0.3) is 0 Å². The number of carbonyl (C=O) groups is 1. The summed E-state index contributed by atoms with van der Waals surface area (Å²) in [5, 5.41) is 4.08. The number of hydrogen-bond acceptors (Lipinski definition) is 2. The van der Waals surface area contributed by atoms with Crippen molar-refractivity contribution in [1.29, 1.82) is 0 Å². The van der Waals surface area contributed by atoms with E-state index in [0.717, 1.165) is 31.4 Å². The molecule has 1 aromatic rings. The SMILES string of the molecule is CC(c1cccc(Cl)c1)N(C)C(=O)C1(C)CCCCN1. The van der Waals surface area contributed by atoms with Crippen LogP contribution in [0.15, 0.2) is 24.3 Å². The Morgan fingerprint density at radius 1 is 1.45 bits per heavy atom. The van der Waals surface area contributed by atoms with Crippen molar-refractivity contribution in [3.05, 3.63) is 34.9 Å². The summed E-state index contributed by atoms with van der Waals surface area (Å²) in [6, 6.07) is 7.72. The van der Waals surface area contributed by atoms with Crippen LogP contribution < -0.4 is 5.32 Å². The van der Waals surface area contributed by atoms with Gasteiger partial charge in [0.2, 0.25) is 5.91 Å². The predicted molar refractivity (Wildman–Crippen MR) is 82.9 cm³/mol. The second-order valence-corrected chi connectivity index (χ2v) is 6.30. The number of halogens is 1. The fourth-order valence-corrected chi connectivity index (χ4v) is 2.99. The Morgan fingerprint density at radius 2 is 2.20 bits per heavy atom. The van der Waals surface area contributed by atoms with E-state index < -0.39 is 5.54 Å². The smallest absolute Gasteiger partial charge is 0.242 e. The quantitative estimate of drug-likeness (QED) is 0.927. The summed E-state index contributed by atoms with van der Waals surface area (Å²) in [6.45, 7) is 4.97. The van der Waals surface area contributed by atoms with E-state index in [2.05, 4.69) is 5.32 Å². The topological polar surface area (TPSA) is 32.3 Å². The minimum atomic E-state index is -0.431. The van der Waals surface area contributed by atoms with Gasteiger partial charge in [-0.25, -0.2) is 0 Å². The van der Waals surface area contributed by atoms with Gasteiger partial charge in [0.15, 0.2) is 0 Å². The first-order valence-corrected chi connectivity index (χ1v) is 7.59. The highest BCUT2D eigenvalue weighted by Gasteiger charge is 2.37. The van der Waals surface area contributed by atoms with Crippen LogP contribution >= 0.6 is 11.6 Å². The van der Waals surface area contributed by atoms with Gasteiger partial charge in [-0.3, -0.25) is 4.79 Å². The molecular formula is C16H23ClN2O. The first kappa shape index (κ1) is 15.3. The van der Waals surface area contributed by atoms with Crippen LogP contribution in [0.25, 0.3) is 0 Å². The second kappa shape index (κ2) is 6.15. The van der Waals surface area contributed by atoms with Crippen molar-refractivity contribution in [2.45, 2.75) is 44.7 Å². The number of amides is 1. The molecule has 0 saturated carbocycles. The van der Waals surface area contributed by atoms with Crippen LogP contribution in [-0.4, -0.2) is 29.9 Å². The van der Waals surface area contributed by atoms with E-state index in [1.807, 2.05) is 50.1 Å². The summed E-state index contributed by atoms with van der Waals surface area (Å²) in [4.78, 5) is 14.6. The summed E-state index contributed by atoms with van der Waals surface area (Å²) in [5.74, 6) is 0.157. The molecule has 0 radical (unpaired) electrons. The zero-order valence-electron chi connectivity index (χ0n) is 12.4. The third-order valence-electron chi connectivity index (χ3n) is 4.32. The molecule has 20 heavy (non-hydrogen) atoms. The van der Waals surface area contributed by atoms with Gasteiger partial charge in [0.1, 0.15) is 0 Å². The van der Waals surface area contributed by atoms with Gasteiger partial charge in [0, 0.05) is 12.1 Å². The van der Waals surface area contributed by atoms with Crippen LogP contribution in [0.2, 0.25) is 5.02 Å². The highest BCUT2D eigenvalue weighted by molar-refractivity contribution is 6.30. The Balaban J connectivity index is 2.13. The summed E-state index contributed by atoms with van der Waals surface area (Å²) in [7, 11) is 1.87. The number of benzene rings is 1. The van der Waals surface area contributed by atoms with Crippen molar-refractivity contribution in [3.63, 3.8) is 0 Å². The lowest BCUT2D eigenvalue weighted by Crippen LogP contribution is -2.57. The van der Waals surface area contributed by atoms with Gasteiger partial charge in [-0.1, -0.05) is 23.7 Å². The van der Waals surface area contributed by atoms with Crippen LogP contribution in [0.4, 0.5) is 0 Å². The average Bonchev–Trinajstić information content (AvgIpc) is 2.45. The molecule has 1 amide bonds. The number of rotatable bonds is 3. The standard InChI is InChI=1S/C16H23ClN2O/c1-12(13-7-6-8-14(17)11-13)19(3)15(20)16(2)9-4-5-10-18-16/h6-8,11-12,18H,4-5,9-10H2,1-3H3. The van der Waals surface area contributed by atoms with E-state index >= 15 is 0 Å². The lowest BCUT2D eigenvalue weighted by atomic mass is 9.89. The van der Waals surface area contributed by atoms with Crippen molar-refractivity contribution in [3.8, 4) is 0 Å². The van der Waals surface area contributed by atoms with Crippen LogP contribution in [0, 0.1) is 0 Å². The Morgan fingerprint density at radius 3 is 2.80 bits per heavy atom. The number of nitrogens with zero attached hydrogens (tertiary/aromatic N) is 1. The third kappa shape index (κ3) is 3.15. The molecule has 1 N–H and O–H groups in total. The van der Waals surface area contributed by atoms with E-state index in [1.165, 1.54) is 0 Å². The largest absolute Gasteiger partial charge is 0.337 e. The molecule has 0 spiro atoms. The second-order valence-electron chi connectivity index (χ2n) is 5.86. The van der Waals surface area contributed by atoms with Crippen molar-refractivity contribution >= 4 is 17.5 Å². The molecule has 110 valence electrons. The fraction of sp³-hybridized carbons (Fsp3) is 0.562. The minimum Gasteiger partial charge on any atom is -0.337 e. The van der Waals surface area contributed by atoms with Crippen LogP contribution in [0.3, 0.4) is 0 Å². The lowest BCUT2D eigenvalue weighted by Gasteiger charge is -2.38. The number of likely N-dealkylation sites (N-methyl/N-ethyl adjacent to an activating group) is 1.